The summed E-state index contributed by atoms with van der Waals surface area (Å²) < 4.78 is 59.6. The number of benzene rings is 3. The molecular weight excluding hydrogens is 609 g/mol. The molecular formula is C34H36ClF3N2O5. The molecule has 240 valence electrons. The molecule has 0 bridgehead atoms. The van der Waals surface area contributed by atoms with E-state index in [1.54, 1.807) is 29.2 Å². The molecule has 3 aromatic rings. The van der Waals surface area contributed by atoms with Crippen molar-refractivity contribution in [2.24, 2.45) is 0 Å². The topological polar surface area (TPSA) is 68.3 Å². The normalized spacial score (nSPS) is 15.1. The first-order valence-corrected chi connectivity index (χ1v) is 14.5. The summed E-state index contributed by atoms with van der Waals surface area (Å²) in [5.74, 6) is -2.17. The first-order valence-electron chi connectivity index (χ1n) is 14.5. The van der Waals surface area contributed by atoms with Crippen LogP contribution in [-0.4, -0.2) is 73.7 Å². The van der Waals surface area contributed by atoms with E-state index in [0.717, 1.165) is 44.3 Å². The predicted molar refractivity (Wildman–Crippen MR) is 168 cm³/mol. The molecule has 3 aromatic carbocycles. The van der Waals surface area contributed by atoms with E-state index in [2.05, 4.69) is 4.90 Å². The number of rotatable bonds is 8. The van der Waals surface area contributed by atoms with Gasteiger partial charge in [-0.25, -0.2) is 18.0 Å². The third kappa shape index (κ3) is 7.80. The summed E-state index contributed by atoms with van der Waals surface area (Å²) >= 11 is 0. The number of halogens is 4. The number of amides is 1. The number of fused-ring (bicyclic) bond motifs is 1. The van der Waals surface area contributed by atoms with Gasteiger partial charge in [0.1, 0.15) is 23.0 Å². The molecule has 1 fully saturated rings. The number of ether oxygens (including phenoxy) is 3. The van der Waals surface area contributed by atoms with Crippen LogP contribution < -0.4 is 9.47 Å². The number of piperazine rings is 1. The monoisotopic (exact) mass is 644 g/mol. The van der Waals surface area contributed by atoms with Gasteiger partial charge in [-0.1, -0.05) is 6.07 Å². The highest BCUT2D eigenvalue weighted by molar-refractivity contribution is 6.41. The second-order valence-electron chi connectivity index (χ2n) is 11.8. The Bertz CT molecular complexity index is 1590. The van der Waals surface area contributed by atoms with E-state index in [1.165, 1.54) is 19.2 Å². The molecule has 1 amide bonds. The van der Waals surface area contributed by atoms with Gasteiger partial charge in [0.2, 0.25) is 0 Å². The molecule has 2 aliphatic rings. The fraction of sp³-hybridized carbons (Fsp3) is 0.353. The van der Waals surface area contributed by atoms with Crippen LogP contribution in [0.4, 0.5) is 18.0 Å². The fourth-order valence-electron chi connectivity index (χ4n) is 5.46. The molecule has 1 saturated heterocycles. The summed E-state index contributed by atoms with van der Waals surface area (Å²) in [5.41, 5.74) is 1.12. The second-order valence-corrected chi connectivity index (χ2v) is 11.8. The van der Waals surface area contributed by atoms with Gasteiger partial charge in [0, 0.05) is 55.5 Å². The first kappa shape index (κ1) is 33.9. The molecule has 1 aliphatic carbocycles. The van der Waals surface area contributed by atoms with Crippen LogP contribution in [0.1, 0.15) is 54.2 Å². The third-order valence-corrected chi connectivity index (χ3v) is 7.49. The highest BCUT2D eigenvalue weighted by Crippen LogP contribution is 2.44. The molecule has 1 heterocycles. The number of carbonyl (C=O) groups is 2. The average molecular weight is 645 g/mol. The van der Waals surface area contributed by atoms with E-state index in [1.807, 2.05) is 20.8 Å². The third-order valence-electron chi connectivity index (χ3n) is 7.49. The van der Waals surface area contributed by atoms with Crippen molar-refractivity contribution < 1.29 is 37.0 Å². The molecule has 0 N–H and O–H groups in total. The Hall–Kier alpha value is -4.02. The molecule has 5 rings (SSSR count). The fourth-order valence-corrected chi connectivity index (χ4v) is 5.46. The van der Waals surface area contributed by atoms with E-state index in [0.29, 0.717) is 42.1 Å². The van der Waals surface area contributed by atoms with Crippen molar-refractivity contribution in [1.29, 1.82) is 0 Å². The SMILES string of the molecule is COc1ccc(C2=C(c3cc(F)cc(F)c3)c3ccc(OCCCN4CCN(C(=O)OC(C)(C)C)CC4)cc3C2=O)cc1F.Cl. The maximum Gasteiger partial charge on any atom is 0.410 e. The van der Waals surface area contributed by atoms with Crippen LogP contribution in [0.3, 0.4) is 0 Å². The Morgan fingerprint density at radius 3 is 2.16 bits per heavy atom. The number of ketones is 1. The summed E-state index contributed by atoms with van der Waals surface area (Å²) in [4.78, 5) is 30.0. The summed E-state index contributed by atoms with van der Waals surface area (Å²) in [6.45, 7) is 9.36. The minimum absolute atomic E-state index is 0. The van der Waals surface area contributed by atoms with Crippen LogP contribution in [-0.2, 0) is 4.74 Å². The van der Waals surface area contributed by atoms with Crippen LogP contribution in [0.15, 0.2) is 54.6 Å². The number of nitrogens with zero attached hydrogens (tertiary/aromatic N) is 2. The Kier molecular flexibility index (Phi) is 10.5. The quantitative estimate of drug-likeness (QED) is 0.246. The van der Waals surface area contributed by atoms with E-state index >= 15 is 0 Å². The Labute approximate surface area is 267 Å². The van der Waals surface area contributed by atoms with E-state index < -0.39 is 28.8 Å². The largest absolute Gasteiger partial charge is 0.494 e. The smallest absolute Gasteiger partial charge is 0.410 e. The van der Waals surface area contributed by atoms with Gasteiger partial charge in [0.15, 0.2) is 17.3 Å². The Morgan fingerprint density at radius 1 is 0.844 bits per heavy atom. The number of hydrogen-bond acceptors (Lipinski definition) is 6. The summed E-state index contributed by atoms with van der Waals surface area (Å²) in [6.07, 6.45) is 0.423. The maximum atomic E-state index is 14.7. The lowest BCUT2D eigenvalue weighted by Gasteiger charge is -2.35. The van der Waals surface area contributed by atoms with Crippen LogP contribution in [0.2, 0.25) is 0 Å². The zero-order valence-corrected chi connectivity index (χ0v) is 26.4. The van der Waals surface area contributed by atoms with Gasteiger partial charge >= 0.3 is 6.09 Å². The molecule has 11 heteroatoms. The van der Waals surface area contributed by atoms with Gasteiger partial charge in [0.25, 0.3) is 0 Å². The number of methoxy groups -OCH3 is 1. The molecule has 45 heavy (non-hydrogen) atoms. The summed E-state index contributed by atoms with van der Waals surface area (Å²) in [6, 6.07) is 12.2. The van der Waals surface area contributed by atoms with E-state index in [9.17, 15) is 22.8 Å². The van der Waals surface area contributed by atoms with Crippen molar-refractivity contribution in [2.75, 3.05) is 46.4 Å². The number of hydrogen-bond donors (Lipinski definition) is 0. The number of Topliss-reactive ketones (excluding diaryl/α,β-unsaturated/α-hetero) is 1. The van der Waals surface area contributed by atoms with Gasteiger partial charge in [-0.2, -0.15) is 0 Å². The molecule has 0 aromatic heterocycles. The van der Waals surface area contributed by atoms with Crippen molar-refractivity contribution in [3.8, 4) is 11.5 Å². The highest BCUT2D eigenvalue weighted by atomic mass is 35.5. The van der Waals surface area contributed by atoms with Crippen molar-refractivity contribution >= 4 is 35.4 Å². The maximum absolute atomic E-state index is 14.7. The minimum atomic E-state index is -0.792. The highest BCUT2D eigenvalue weighted by Gasteiger charge is 2.33. The Morgan fingerprint density at radius 2 is 1.53 bits per heavy atom. The van der Waals surface area contributed by atoms with Gasteiger partial charge in [-0.3, -0.25) is 9.69 Å². The van der Waals surface area contributed by atoms with Crippen LogP contribution in [0.5, 0.6) is 11.5 Å². The van der Waals surface area contributed by atoms with Crippen LogP contribution in [0, 0.1) is 17.5 Å². The van der Waals surface area contributed by atoms with Crippen LogP contribution >= 0.6 is 12.4 Å². The summed E-state index contributed by atoms with van der Waals surface area (Å²) in [5, 5.41) is 0. The lowest BCUT2D eigenvalue weighted by atomic mass is 9.94. The van der Waals surface area contributed by atoms with Gasteiger partial charge in [-0.05, 0) is 86.3 Å². The van der Waals surface area contributed by atoms with Gasteiger partial charge in [-0.15, -0.1) is 12.4 Å². The number of carbonyl (C=O) groups excluding carboxylic acids is 2. The molecule has 0 radical (unpaired) electrons. The molecule has 0 saturated carbocycles. The second kappa shape index (κ2) is 14.0. The molecule has 0 unspecified atom stereocenters. The lowest BCUT2D eigenvalue weighted by Crippen LogP contribution is -2.50. The molecule has 0 spiro atoms. The van der Waals surface area contributed by atoms with Crippen molar-refractivity contribution in [3.63, 3.8) is 0 Å². The van der Waals surface area contributed by atoms with Crippen molar-refractivity contribution in [3.05, 3.63) is 94.3 Å². The van der Waals surface area contributed by atoms with Gasteiger partial charge in [0.05, 0.1) is 13.7 Å². The van der Waals surface area contributed by atoms with Gasteiger partial charge < -0.3 is 19.1 Å². The van der Waals surface area contributed by atoms with Crippen LogP contribution in [0.25, 0.3) is 11.1 Å². The molecule has 1 aliphatic heterocycles. The first-order chi connectivity index (χ1) is 20.9. The summed E-state index contributed by atoms with van der Waals surface area (Å²) in [7, 11) is 1.34. The lowest BCUT2D eigenvalue weighted by molar-refractivity contribution is 0.0142. The van der Waals surface area contributed by atoms with Crippen molar-refractivity contribution in [1.82, 2.24) is 9.80 Å². The zero-order chi connectivity index (χ0) is 31.6. The molecule has 7 nitrogen and oxygen atoms in total. The minimum Gasteiger partial charge on any atom is -0.494 e. The average Bonchev–Trinajstić information content (AvgIpc) is 3.25. The zero-order valence-electron chi connectivity index (χ0n) is 25.6. The number of allylic oxidation sites excluding steroid dienone is 1. The van der Waals surface area contributed by atoms with Crippen molar-refractivity contribution in [2.45, 2.75) is 32.8 Å². The van der Waals surface area contributed by atoms with E-state index in [-0.39, 0.29) is 40.9 Å². The predicted octanol–water partition coefficient (Wildman–Crippen LogP) is 7.01. The van der Waals surface area contributed by atoms with E-state index in [4.69, 9.17) is 14.2 Å². The molecule has 0 atom stereocenters. The Balaban J connectivity index is 0.00000461. The standard InChI is InChI=1S/C34H35F3N2O5.ClH/c1-34(2,3)44-33(41)39-13-11-38(12-14-39)10-5-15-43-25-7-8-26-27(20-25)32(40)31(21-6-9-29(42-4)28(37)18-21)30(26)22-16-23(35)19-24(36)17-22;/h6-9,16-20H,5,10-15H2,1-4H3;1H.